The Kier molecular flexibility index (Phi) is 9.44. The van der Waals surface area contributed by atoms with E-state index in [1.807, 2.05) is 41.5 Å². The highest BCUT2D eigenvalue weighted by atomic mass is 32.2. The van der Waals surface area contributed by atoms with Gasteiger partial charge < -0.3 is 0 Å². The van der Waals surface area contributed by atoms with Crippen molar-refractivity contribution in [3.8, 4) is 11.1 Å². The lowest BCUT2D eigenvalue weighted by Gasteiger charge is -2.27. The zero-order valence-corrected chi connectivity index (χ0v) is 35.3. The quantitative estimate of drug-likeness (QED) is 0.161. The van der Waals surface area contributed by atoms with Crippen LogP contribution in [0.2, 0.25) is 0 Å². The average Bonchev–Trinajstić information content (AvgIpc) is 3.21. The van der Waals surface area contributed by atoms with Crippen molar-refractivity contribution in [1.82, 2.24) is 0 Å². The first-order valence-corrected chi connectivity index (χ1v) is 22.1. The Hall–Kier alpha value is -6.50. The Morgan fingerprint density at radius 2 is 0.633 bits per heavy atom. The highest BCUT2D eigenvalue weighted by Crippen LogP contribution is 2.44. The fraction of sp³-hybridized carbons (Fsp3) is 0.167. The summed E-state index contributed by atoms with van der Waals surface area (Å²) < 4.78 is 60.6. The molecule has 8 rings (SSSR count). The minimum atomic E-state index is -4.30. The molecule has 0 unspecified atom stereocenters. The van der Waals surface area contributed by atoms with E-state index in [4.69, 9.17) is 0 Å². The van der Waals surface area contributed by atoms with Gasteiger partial charge in [-0.05, 0) is 69.5 Å². The van der Waals surface area contributed by atoms with Gasteiger partial charge in [0.2, 0.25) is 0 Å². The summed E-state index contributed by atoms with van der Waals surface area (Å²) in [5.41, 5.74) is 0.569. The van der Waals surface area contributed by atoms with E-state index in [0.29, 0.717) is 0 Å². The van der Waals surface area contributed by atoms with Crippen LogP contribution in [-0.2, 0) is 30.9 Å². The van der Waals surface area contributed by atoms with Crippen LogP contribution in [0.1, 0.15) is 116 Å². The molecular weight excluding hydrogens is 797 g/mol. The number of benzene rings is 6. The number of fused-ring (bicyclic) bond motifs is 4. The van der Waals surface area contributed by atoms with Crippen molar-refractivity contribution in [2.24, 2.45) is 0 Å². The maximum atomic E-state index is 14.6. The highest BCUT2D eigenvalue weighted by molar-refractivity contribution is 7.93. The number of hydrogen-bond donors (Lipinski definition) is 2. The first-order chi connectivity index (χ1) is 28.2. The molecule has 60 heavy (non-hydrogen) atoms. The lowest BCUT2D eigenvalue weighted by atomic mass is 9.76. The van der Waals surface area contributed by atoms with E-state index in [2.05, 4.69) is 9.44 Å². The minimum absolute atomic E-state index is 0.0598. The molecule has 2 N–H and O–H groups in total. The molecule has 0 spiro atoms. The molecule has 12 heteroatoms. The third kappa shape index (κ3) is 6.75. The standard InChI is InChI=1S/C48H40N2O8S2/c1-47(2,3)27-15-19-29(20-16-27)59(55,56)49-37-25-23-31(39-41(37)45(53)35-13-9-7-11-33(35)43(39)51)32-24-26-38(42-40(32)44(52)34-12-8-10-14-36(34)46(42)54)50-60(57,58)30-21-17-28(18-22-30)48(4,5)6/h7-26,49-50H,1-6H3. The van der Waals surface area contributed by atoms with Gasteiger partial charge in [-0.15, -0.1) is 0 Å². The van der Waals surface area contributed by atoms with Gasteiger partial charge in [-0.25, -0.2) is 16.8 Å². The van der Waals surface area contributed by atoms with Crippen LogP contribution in [0.25, 0.3) is 11.1 Å². The number of nitrogens with one attached hydrogen (secondary N) is 2. The highest BCUT2D eigenvalue weighted by Gasteiger charge is 2.39. The Morgan fingerprint density at radius 1 is 0.350 bits per heavy atom. The first-order valence-electron chi connectivity index (χ1n) is 19.2. The number of carbonyl (C=O) groups is 4. The number of hydrogen-bond acceptors (Lipinski definition) is 8. The Bertz CT molecular complexity index is 2870. The largest absolute Gasteiger partial charge is 0.289 e. The Morgan fingerprint density at radius 3 is 0.917 bits per heavy atom. The molecule has 6 aromatic rings. The smallest absolute Gasteiger partial charge is 0.261 e. The van der Waals surface area contributed by atoms with Crippen molar-refractivity contribution in [2.45, 2.75) is 62.2 Å². The molecule has 2 aliphatic carbocycles. The molecule has 0 bridgehead atoms. The van der Waals surface area contributed by atoms with E-state index < -0.39 is 43.2 Å². The summed E-state index contributed by atoms with van der Waals surface area (Å²) in [6.07, 6.45) is 0. The maximum Gasteiger partial charge on any atom is 0.261 e. The molecule has 0 saturated heterocycles. The van der Waals surface area contributed by atoms with Gasteiger partial charge in [0.05, 0.1) is 32.3 Å². The molecule has 10 nitrogen and oxygen atoms in total. The molecule has 2 aliphatic rings. The van der Waals surface area contributed by atoms with Gasteiger partial charge in [0.1, 0.15) is 0 Å². The second kappa shape index (κ2) is 14.1. The lowest BCUT2D eigenvalue weighted by molar-refractivity contribution is 0.0978. The van der Waals surface area contributed by atoms with Crippen molar-refractivity contribution in [3.63, 3.8) is 0 Å². The van der Waals surface area contributed by atoms with Crippen molar-refractivity contribution < 1.29 is 36.0 Å². The van der Waals surface area contributed by atoms with Gasteiger partial charge in [0.25, 0.3) is 20.0 Å². The predicted molar refractivity (Wildman–Crippen MR) is 230 cm³/mol. The molecular formula is C48H40N2O8S2. The van der Waals surface area contributed by atoms with Crippen molar-refractivity contribution in [3.05, 3.63) is 177 Å². The summed E-state index contributed by atoms with van der Waals surface area (Å²) in [5, 5.41) is 0. The maximum absolute atomic E-state index is 14.6. The van der Waals surface area contributed by atoms with Crippen molar-refractivity contribution >= 4 is 54.6 Å². The van der Waals surface area contributed by atoms with Crippen LogP contribution in [-0.4, -0.2) is 40.0 Å². The molecule has 302 valence electrons. The second-order valence-corrected chi connectivity index (χ2v) is 20.4. The zero-order chi connectivity index (χ0) is 43.1. The summed E-state index contributed by atoms with van der Waals surface area (Å²) in [7, 11) is -8.60. The summed E-state index contributed by atoms with van der Waals surface area (Å²) in [5.74, 6) is -2.49. The van der Waals surface area contributed by atoms with Crippen LogP contribution in [0.5, 0.6) is 0 Å². The molecule has 0 aromatic heterocycles. The van der Waals surface area contributed by atoms with Gasteiger partial charge in [-0.2, -0.15) is 0 Å². The molecule has 0 amide bonds. The molecule has 0 saturated carbocycles. The lowest BCUT2D eigenvalue weighted by Crippen LogP contribution is -2.27. The fourth-order valence-corrected chi connectivity index (χ4v) is 9.88. The second-order valence-electron chi connectivity index (χ2n) is 17.0. The third-order valence-corrected chi connectivity index (χ3v) is 13.8. The average molecular weight is 837 g/mol. The minimum Gasteiger partial charge on any atom is -0.289 e. The molecule has 0 aliphatic heterocycles. The van der Waals surface area contributed by atoms with Crippen LogP contribution in [0.4, 0.5) is 11.4 Å². The van der Waals surface area contributed by atoms with Crippen molar-refractivity contribution in [2.75, 3.05) is 9.44 Å². The summed E-state index contributed by atoms with van der Waals surface area (Å²) >= 11 is 0. The van der Waals surface area contributed by atoms with Crippen LogP contribution in [0, 0.1) is 0 Å². The van der Waals surface area contributed by atoms with Gasteiger partial charge in [0.15, 0.2) is 23.1 Å². The van der Waals surface area contributed by atoms with E-state index in [1.165, 1.54) is 72.8 Å². The van der Waals surface area contributed by atoms with E-state index >= 15 is 0 Å². The first kappa shape index (κ1) is 40.3. The van der Waals surface area contributed by atoms with Gasteiger partial charge in [0, 0.05) is 33.4 Å². The summed E-state index contributed by atoms with van der Waals surface area (Å²) in [6.45, 7) is 12.0. The number of carbonyl (C=O) groups excluding carboxylic acids is 4. The van der Waals surface area contributed by atoms with E-state index in [1.54, 1.807) is 48.5 Å². The summed E-state index contributed by atoms with van der Waals surface area (Å²) in [4.78, 5) is 58.0. The van der Waals surface area contributed by atoms with Gasteiger partial charge in [-0.3, -0.25) is 28.6 Å². The molecule has 0 atom stereocenters. The number of ketones is 4. The molecule has 0 fully saturated rings. The number of anilines is 2. The zero-order valence-electron chi connectivity index (χ0n) is 33.6. The SMILES string of the molecule is CC(C)(C)c1ccc(S(=O)(=O)Nc2ccc(-c3ccc(NS(=O)(=O)c4ccc(C(C)(C)C)cc4)c4c3C(=O)c3ccccc3C4=O)c3c2C(=O)c2ccccc2C3=O)cc1. The molecule has 0 heterocycles. The third-order valence-electron chi connectivity index (χ3n) is 11.0. The summed E-state index contributed by atoms with van der Waals surface area (Å²) in [6, 6.07) is 30.6. The molecule has 6 aromatic carbocycles. The number of rotatable bonds is 7. The number of sulfonamides is 2. The van der Waals surface area contributed by atoms with Crippen LogP contribution in [0.15, 0.2) is 131 Å². The molecule has 0 radical (unpaired) electrons. The normalized spacial score (nSPS) is 13.9. The van der Waals surface area contributed by atoms with Crippen LogP contribution >= 0.6 is 0 Å². The topological polar surface area (TPSA) is 161 Å². The van der Waals surface area contributed by atoms with Crippen molar-refractivity contribution in [1.29, 1.82) is 0 Å². The fourth-order valence-electron chi connectivity index (χ4n) is 7.74. The van der Waals surface area contributed by atoms with E-state index in [9.17, 15) is 36.0 Å². The van der Waals surface area contributed by atoms with E-state index in [0.717, 1.165) is 11.1 Å². The Balaban J connectivity index is 1.32. The monoisotopic (exact) mass is 836 g/mol. The van der Waals surface area contributed by atoms with Gasteiger partial charge >= 0.3 is 0 Å². The van der Waals surface area contributed by atoms with E-state index in [-0.39, 0.29) is 87.6 Å². The van der Waals surface area contributed by atoms with Gasteiger partial charge in [-0.1, -0.05) is 126 Å². The Labute approximate surface area is 348 Å². The predicted octanol–water partition coefficient (Wildman–Crippen LogP) is 9.10. The van der Waals surface area contributed by atoms with Crippen LogP contribution in [0.3, 0.4) is 0 Å². The van der Waals surface area contributed by atoms with Crippen LogP contribution < -0.4 is 9.44 Å².